The van der Waals surface area contributed by atoms with E-state index in [1.54, 1.807) is 0 Å². The SMILES string of the molecule is CCC1CN(C(CN)c2cccs2)CCS1. The molecule has 2 rings (SSSR count). The van der Waals surface area contributed by atoms with Gasteiger partial charge < -0.3 is 5.73 Å². The highest BCUT2D eigenvalue weighted by molar-refractivity contribution is 8.00. The molecule has 2 nitrogen and oxygen atoms in total. The number of rotatable bonds is 4. The fourth-order valence-electron chi connectivity index (χ4n) is 2.20. The monoisotopic (exact) mass is 256 g/mol. The average molecular weight is 256 g/mol. The minimum Gasteiger partial charge on any atom is -0.329 e. The first kappa shape index (κ1) is 12.4. The summed E-state index contributed by atoms with van der Waals surface area (Å²) in [5.41, 5.74) is 5.94. The third-order valence-corrected chi connectivity index (χ3v) is 5.51. The van der Waals surface area contributed by atoms with E-state index in [0.29, 0.717) is 6.04 Å². The molecule has 2 atom stereocenters. The first-order chi connectivity index (χ1) is 7.85. The molecule has 2 heterocycles. The highest BCUT2D eigenvalue weighted by Crippen LogP contribution is 2.30. The Hall–Kier alpha value is -0.0300. The maximum absolute atomic E-state index is 5.94. The Morgan fingerprint density at radius 1 is 1.62 bits per heavy atom. The number of nitrogens with zero attached hydrogens (tertiary/aromatic N) is 1. The van der Waals surface area contributed by atoms with E-state index in [9.17, 15) is 0 Å². The maximum Gasteiger partial charge on any atom is 0.0564 e. The van der Waals surface area contributed by atoms with Crippen LogP contribution < -0.4 is 5.73 Å². The third kappa shape index (κ3) is 2.80. The first-order valence-corrected chi connectivity index (χ1v) is 7.87. The minimum atomic E-state index is 0.440. The standard InChI is InChI=1S/C12H20N2S2/c1-2-10-9-14(5-7-15-10)11(8-13)12-4-3-6-16-12/h3-4,6,10-11H,2,5,7-9,13H2,1H3. The van der Waals surface area contributed by atoms with E-state index in [-0.39, 0.29) is 0 Å². The zero-order valence-electron chi connectivity index (χ0n) is 9.76. The molecule has 4 heteroatoms. The van der Waals surface area contributed by atoms with Gasteiger partial charge in [-0.05, 0) is 17.9 Å². The first-order valence-electron chi connectivity index (χ1n) is 5.94. The van der Waals surface area contributed by atoms with Crippen LogP contribution in [0.5, 0.6) is 0 Å². The van der Waals surface area contributed by atoms with Crippen molar-refractivity contribution in [2.24, 2.45) is 5.73 Å². The van der Waals surface area contributed by atoms with E-state index in [1.807, 2.05) is 11.3 Å². The topological polar surface area (TPSA) is 29.3 Å². The molecular weight excluding hydrogens is 236 g/mol. The summed E-state index contributed by atoms with van der Waals surface area (Å²) in [5, 5.41) is 2.94. The highest BCUT2D eigenvalue weighted by Gasteiger charge is 2.25. The van der Waals surface area contributed by atoms with Crippen LogP contribution in [0.15, 0.2) is 17.5 Å². The van der Waals surface area contributed by atoms with Gasteiger partial charge in [-0.3, -0.25) is 4.90 Å². The molecule has 0 spiro atoms. The summed E-state index contributed by atoms with van der Waals surface area (Å²) >= 11 is 3.94. The molecule has 0 aliphatic carbocycles. The molecule has 16 heavy (non-hydrogen) atoms. The van der Waals surface area contributed by atoms with Crippen LogP contribution in [0.4, 0.5) is 0 Å². The number of thiophene rings is 1. The summed E-state index contributed by atoms with van der Waals surface area (Å²) in [4.78, 5) is 3.99. The van der Waals surface area contributed by atoms with Crippen LogP contribution in [-0.4, -0.2) is 35.5 Å². The fraction of sp³-hybridized carbons (Fsp3) is 0.667. The number of thioether (sulfide) groups is 1. The van der Waals surface area contributed by atoms with Crippen LogP contribution in [0.1, 0.15) is 24.3 Å². The predicted molar refractivity (Wildman–Crippen MR) is 74.2 cm³/mol. The summed E-state index contributed by atoms with van der Waals surface area (Å²) < 4.78 is 0. The van der Waals surface area contributed by atoms with Gasteiger partial charge in [0.15, 0.2) is 0 Å². The molecule has 0 saturated carbocycles. The largest absolute Gasteiger partial charge is 0.329 e. The van der Waals surface area contributed by atoms with Crippen molar-refractivity contribution >= 4 is 23.1 Å². The quantitative estimate of drug-likeness (QED) is 0.898. The van der Waals surface area contributed by atoms with Crippen molar-refractivity contribution in [1.29, 1.82) is 0 Å². The molecule has 0 radical (unpaired) electrons. The van der Waals surface area contributed by atoms with Gasteiger partial charge in [-0.15, -0.1) is 11.3 Å². The van der Waals surface area contributed by atoms with Crippen molar-refractivity contribution in [3.05, 3.63) is 22.4 Å². The lowest BCUT2D eigenvalue weighted by Gasteiger charge is -2.36. The van der Waals surface area contributed by atoms with E-state index < -0.39 is 0 Å². The number of hydrogen-bond acceptors (Lipinski definition) is 4. The van der Waals surface area contributed by atoms with Crippen LogP contribution >= 0.6 is 23.1 Å². The Bertz CT molecular complexity index is 300. The second-order valence-electron chi connectivity index (χ2n) is 4.16. The van der Waals surface area contributed by atoms with Gasteiger partial charge in [-0.2, -0.15) is 11.8 Å². The van der Waals surface area contributed by atoms with E-state index in [2.05, 4.69) is 41.1 Å². The van der Waals surface area contributed by atoms with Crippen LogP contribution in [0.25, 0.3) is 0 Å². The number of nitrogens with two attached hydrogens (primary N) is 1. The van der Waals surface area contributed by atoms with E-state index in [1.165, 1.54) is 30.1 Å². The minimum absolute atomic E-state index is 0.440. The summed E-state index contributed by atoms with van der Waals surface area (Å²) in [6, 6.07) is 4.78. The van der Waals surface area contributed by atoms with Gasteiger partial charge in [0.05, 0.1) is 6.04 Å². The molecular formula is C12H20N2S2. The van der Waals surface area contributed by atoms with Gasteiger partial charge in [0.2, 0.25) is 0 Å². The highest BCUT2D eigenvalue weighted by atomic mass is 32.2. The molecule has 1 fully saturated rings. The molecule has 2 unspecified atom stereocenters. The lowest BCUT2D eigenvalue weighted by Crippen LogP contribution is -2.42. The Balaban J connectivity index is 2.03. The molecule has 0 amide bonds. The second kappa shape index (κ2) is 6.05. The zero-order chi connectivity index (χ0) is 11.4. The van der Waals surface area contributed by atoms with Crippen LogP contribution in [0.3, 0.4) is 0 Å². The van der Waals surface area contributed by atoms with Crippen LogP contribution in [-0.2, 0) is 0 Å². The van der Waals surface area contributed by atoms with Gasteiger partial charge in [0.25, 0.3) is 0 Å². The molecule has 1 saturated heterocycles. The lowest BCUT2D eigenvalue weighted by molar-refractivity contribution is 0.210. The predicted octanol–water partition coefficient (Wildman–Crippen LogP) is 2.58. The van der Waals surface area contributed by atoms with Gasteiger partial charge >= 0.3 is 0 Å². The van der Waals surface area contributed by atoms with Gasteiger partial charge in [-0.1, -0.05) is 13.0 Å². The Labute approximate surface area is 106 Å². The van der Waals surface area contributed by atoms with Crippen molar-refractivity contribution in [1.82, 2.24) is 4.90 Å². The molecule has 2 N–H and O–H groups in total. The van der Waals surface area contributed by atoms with Gasteiger partial charge in [0, 0.05) is 35.5 Å². The average Bonchev–Trinajstić information content (AvgIpc) is 2.84. The maximum atomic E-state index is 5.94. The Kier molecular flexibility index (Phi) is 4.70. The normalized spacial score (nSPS) is 24.5. The Morgan fingerprint density at radius 2 is 2.50 bits per heavy atom. The number of hydrogen-bond donors (Lipinski definition) is 1. The van der Waals surface area contributed by atoms with Crippen molar-refractivity contribution < 1.29 is 0 Å². The summed E-state index contributed by atoms with van der Waals surface area (Å²) in [6.07, 6.45) is 1.27. The lowest BCUT2D eigenvalue weighted by atomic mass is 10.1. The second-order valence-corrected chi connectivity index (χ2v) is 6.55. The molecule has 90 valence electrons. The molecule has 0 bridgehead atoms. The van der Waals surface area contributed by atoms with Gasteiger partial charge in [0.1, 0.15) is 0 Å². The van der Waals surface area contributed by atoms with E-state index in [4.69, 9.17) is 5.73 Å². The van der Waals surface area contributed by atoms with E-state index in [0.717, 1.165) is 11.8 Å². The Morgan fingerprint density at radius 3 is 3.12 bits per heavy atom. The van der Waals surface area contributed by atoms with Crippen LogP contribution in [0.2, 0.25) is 0 Å². The molecule has 1 aliphatic heterocycles. The summed E-state index contributed by atoms with van der Waals surface area (Å²) in [6.45, 7) is 5.40. The van der Waals surface area contributed by atoms with Crippen molar-refractivity contribution in [2.45, 2.75) is 24.6 Å². The fourth-order valence-corrected chi connectivity index (χ4v) is 4.28. The molecule has 1 aromatic heterocycles. The third-order valence-electron chi connectivity index (χ3n) is 3.16. The molecule has 0 aromatic carbocycles. The smallest absolute Gasteiger partial charge is 0.0564 e. The van der Waals surface area contributed by atoms with E-state index >= 15 is 0 Å². The summed E-state index contributed by atoms with van der Waals surface area (Å²) in [7, 11) is 0. The van der Waals surface area contributed by atoms with Gasteiger partial charge in [-0.25, -0.2) is 0 Å². The molecule has 1 aliphatic rings. The van der Waals surface area contributed by atoms with Crippen LogP contribution in [0, 0.1) is 0 Å². The molecule has 1 aromatic rings. The van der Waals surface area contributed by atoms with Crippen molar-refractivity contribution in [3.63, 3.8) is 0 Å². The summed E-state index contributed by atoms with van der Waals surface area (Å²) in [5.74, 6) is 1.25. The van der Waals surface area contributed by atoms with Crippen molar-refractivity contribution in [3.8, 4) is 0 Å². The zero-order valence-corrected chi connectivity index (χ0v) is 11.4. The van der Waals surface area contributed by atoms with Crippen molar-refractivity contribution in [2.75, 3.05) is 25.4 Å².